The number of hydrazine groups is 1. The molecular weight excluding hydrogens is 220 g/mol. The molecule has 4 fully saturated rings. The van der Waals surface area contributed by atoms with E-state index < -0.39 is 0 Å². The van der Waals surface area contributed by atoms with Gasteiger partial charge in [0.25, 0.3) is 0 Å². The zero-order valence-corrected chi connectivity index (χ0v) is 12.3. The summed E-state index contributed by atoms with van der Waals surface area (Å²) in [7, 11) is 0. The molecule has 4 atom stereocenters. The van der Waals surface area contributed by atoms with E-state index in [0.717, 1.165) is 11.8 Å². The van der Waals surface area contributed by atoms with Crippen molar-refractivity contribution in [2.45, 2.75) is 83.3 Å². The Balaban J connectivity index is 1.65. The van der Waals surface area contributed by atoms with Crippen LogP contribution in [0.15, 0.2) is 0 Å². The third-order valence-electron chi connectivity index (χ3n) is 7.40. The quantitative estimate of drug-likeness (QED) is 0.716. The number of rotatable bonds is 1. The third-order valence-corrected chi connectivity index (χ3v) is 7.40. The highest BCUT2D eigenvalue weighted by Crippen LogP contribution is 2.66. The van der Waals surface area contributed by atoms with Crippen LogP contribution in [-0.2, 0) is 0 Å². The van der Waals surface area contributed by atoms with E-state index in [-0.39, 0.29) is 0 Å². The molecule has 18 heavy (non-hydrogen) atoms. The first-order valence-corrected chi connectivity index (χ1v) is 8.09. The van der Waals surface area contributed by atoms with E-state index in [1.807, 2.05) is 0 Å². The first-order valence-electron chi connectivity index (χ1n) is 8.09. The Labute approximate surface area is 111 Å². The Bertz CT molecular complexity index is 369. The van der Waals surface area contributed by atoms with Crippen molar-refractivity contribution < 1.29 is 0 Å². The average molecular weight is 248 g/mol. The number of nitrogens with one attached hydrogen (secondary N) is 1. The van der Waals surface area contributed by atoms with Crippen LogP contribution in [-0.4, -0.2) is 16.2 Å². The van der Waals surface area contributed by atoms with Gasteiger partial charge < -0.3 is 0 Å². The minimum atomic E-state index is 0.410. The molecule has 1 N–H and O–H groups in total. The second kappa shape index (κ2) is 3.32. The highest BCUT2D eigenvalue weighted by atomic mass is 15.8. The van der Waals surface area contributed by atoms with Gasteiger partial charge in [0.05, 0.1) is 5.66 Å². The average Bonchev–Trinajstić information content (AvgIpc) is 2.76. The topological polar surface area (TPSA) is 25.0 Å². The van der Waals surface area contributed by atoms with Gasteiger partial charge >= 0.3 is 0 Å². The van der Waals surface area contributed by atoms with Gasteiger partial charge in [-0.05, 0) is 56.3 Å². The van der Waals surface area contributed by atoms with E-state index >= 15 is 0 Å². The van der Waals surface area contributed by atoms with Crippen LogP contribution in [0.4, 0.5) is 0 Å². The van der Waals surface area contributed by atoms with Gasteiger partial charge in [-0.1, -0.05) is 33.1 Å². The smallest absolute Gasteiger partial charge is 0.0980 e. The summed E-state index contributed by atoms with van der Waals surface area (Å²) in [5.74, 6) is 1.90. The first kappa shape index (κ1) is 11.7. The molecule has 1 saturated heterocycles. The Morgan fingerprint density at radius 3 is 2.22 bits per heavy atom. The Morgan fingerprint density at radius 2 is 1.61 bits per heavy atom. The van der Waals surface area contributed by atoms with Crippen molar-refractivity contribution in [1.82, 2.24) is 10.4 Å². The SMILES string of the molecule is CC1(C)[C@H]2CC[C@@H](C2)[C@@]1(C)N1NC12CCCCC2. The van der Waals surface area contributed by atoms with E-state index in [2.05, 4.69) is 31.2 Å². The number of fused-ring (bicyclic) bond motifs is 2. The molecule has 2 nitrogen and oxygen atoms in total. The van der Waals surface area contributed by atoms with Gasteiger partial charge in [0.1, 0.15) is 0 Å². The van der Waals surface area contributed by atoms with Gasteiger partial charge in [-0.15, -0.1) is 0 Å². The second-order valence-corrected chi connectivity index (χ2v) is 8.12. The fraction of sp³-hybridized carbons (Fsp3) is 1.00. The third kappa shape index (κ3) is 1.17. The van der Waals surface area contributed by atoms with Crippen molar-refractivity contribution in [2.75, 3.05) is 0 Å². The molecule has 102 valence electrons. The molecule has 0 aromatic carbocycles. The maximum atomic E-state index is 3.84. The van der Waals surface area contributed by atoms with Crippen LogP contribution in [0.25, 0.3) is 0 Å². The first-order chi connectivity index (χ1) is 8.51. The summed E-state index contributed by atoms with van der Waals surface area (Å²) in [5.41, 5.74) is 5.15. The van der Waals surface area contributed by atoms with Gasteiger partial charge in [-0.3, -0.25) is 0 Å². The molecule has 4 aliphatic rings. The van der Waals surface area contributed by atoms with Crippen molar-refractivity contribution >= 4 is 0 Å². The van der Waals surface area contributed by atoms with E-state index in [0.29, 0.717) is 16.6 Å². The molecule has 4 rings (SSSR count). The van der Waals surface area contributed by atoms with Crippen molar-refractivity contribution in [3.05, 3.63) is 0 Å². The van der Waals surface area contributed by atoms with Crippen molar-refractivity contribution in [2.24, 2.45) is 17.3 Å². The van der Waals surface area contributed by atoms with Crippen molar-refractivity contribution in [3.8, 4) is 0 Å². The minimum Gasteiger partial charge on any atom is -0.232 e. The second-order valence-electron chi connectivity index (χ2n) is 8.12. The molecule has 2 heteroatoms. The van der Waals surface area contributed by atoms with Crippen LogP contribution in [0.1, 0.15) is 72.1 Å². The fourth-order valence-corrected chi connectivity index (χ4v) is 5.77. The Hall–Kier alpha value is -0.0800. The molecule has 0 radical (unpaired) electrons. The lowest BCUT2D eigenvalue weighted by Gasteiger charge is -2.49. The number of hydrogen-bond acceptors (Lipinski definition) is 2. The molecule has 1 heterocycles. The number of hydrogen-bond donors (Lipinski definition) is 1. The zero-order chi connectivity index (χ0) is 12.6. The van der Waals surface area contributed by atoms with E-state index in [9.17, 15) is 0 Å². The van der Waals surface area contributed by atoms with Crippen LogP contribution in [0.2, 0.25) is 0 Å². The van der Waals surface area contributed by atoms with E-state index in [1.54, 1.807) is 0 Å². The van der Waals surface area contributed by atoms with Crippen LogP contribution in [0, 0.1) is 17.3 Å². The van der Waals surface area contributed by atoms with Crippen molar-refractivity contribution in [3.63, 3.8) is 0 Å². The monoisotopic (exact) mass is 248 g/mol. The van der Waals surface area contributed by atoms with Crippen LogP contribution < -0.4 is 5.43 Å². The lowest BCUT2D eigenvalue weighted by Crippen LogP contribution is -2.55. The summed E-state index contributed by atoms with van der Waals surface area (Å²) in [4.78, 5) is 0. The molecule has 1 spiro atoms. The maximum absolute atomic E-state index is 3.84. The highest BCUT2D eigenvalue weighted by molar-refractivity contribution is 5.20. The number of nitrogens with zero attached hydrogens (tertiary/aromatic N) is 1. The van der Waals surface area contributed by atoms with Crippen molar-refractivity contribution in [1.29, 1.82) is 0 Å². The van der Waals surface area contributed by atoms with Crippen LogP contribution >= 0.6 is 0 Å². The summed E-state index contributed by atoms with van der Waals surface area (Å²) in [6, 6.07) is 0. The molecule has 3 saturated carbocycles. The molecule has 0 aromatic rings. The molecule has 1 aliphatic heterocycles. The molecule has 2 bridgehead atoms. The lowest BCUT2D eigenvalue weighted by atomic mass is 9.63. The predicted octanol–water partition coefficient (Wildman–Crippen LogP) is 3.68. The van der Waals surface area contributed by atoms with Gasteiger partial charge in [-0.25, -0.2) is 10.4 Å². The summed E-state index contributed by atoms with van der Waals surface area (Å²) < 4.78 is 0. The van der Waals surface area contributed by atoms with Crippen LogP contribution in [0.3, 0.4) is 0 Å². The standard InChI is InChI=1S/C16H28N2/c1-14(2)12-7-8-13(11-12)15(14,3)18-16(17-18)9-5-4-6-10-16/h12-13,17H,4-11H2,1-3H3/t12-,13-,15+,18?/m0/s1. The summed E-state index contributed by atoms with van der Waals surface area (Å²) in [5, 5.41) is 2.73. The van der Waals surface area contributed by atoms with E-state index in [1.165, 1.54) is 51.4 Å². The Kier molecular flexibility index (Phi) is 2.16. The molecular formula is C16H28N2. The predicted molar refractivity (Wildman–Crippen MR) is 73.8 cm³/mol. The molecule has 1 unspecified atom stereocenters. The van der Waals surface area contributed by atoms with Gasteiger partial charge in [0.15, 0.2) is 0 Å². The largest absolute Gasteiger partial charge is 0.232 e. The molecule has 0 amide bonds. The summed E-state index contributed by atoms with van der Waals surface area (Å²) in [6.07, 6.45) is 11.5. The normalized spacial score (nSPS) is 51.8. The van der Waals surface area contributed by atoms with Gasteiger partial charge in [0, 0.05) is 5.54 Å². The lowest BCUT2D eigenvalue weighted by molar-refractivity contribution is -0.00977. The summed E-state index contributed by atoms with van der Waals surface area (Å²) in [6.45, 7) is 7.63. The summed E-state index contributed by atoms with van der Waals surface area (Å²) >= 11 is 0. The highest BCUT2D eigenvalue weighted by Gasteiger charge is 2.71. The van der Waals surface area contributed by atoms with Gasteiger partial charge in [0.2, 0.25) is 0 Å². The fourth-order valence-electron chi connectivity index (χ4n) is 5.77. The van der Waals surface area contributed by atoms with Crippen LogP contribution in [0.5, 0.6) is 0 Å². The molecule has 3 aliphatic carbocycles. The Morgan fingerprint density at radius 1 is 0.944 bits per heavy atom. The van der Waals surface area contributed by atoms with E-state index in [4.69, 9.17) is 0 Å². The minimum absolute atomic E-state index is 0.410. The molecule has 0 aromatic heterocycles. The zero-order valence-electron chi connectivity index (χ0n) is 12.3. The maximum Gasteiger partial charge on any atom is 0.0980 e. The van der Waals surface area contributed by atoms with Gasteiger partial charge in [-0.2, -0.15) is 0 Å².